The van der Waals surface area contributed by atoms with Gasteiger partial charge in [0.2, 0.25) is 6.33 Å². The predicted molar refractivity (Wildman–Crippen MR) is 134 cm³/mol. The van der Waals surface area contributed by atoms with Crippen molar-refractivity contribution < 1.29 is 4.57 Å². The van der Waals surface area contributed by atoms with Crippen molar-refractivity contribution in [1.82, 2.24) is 4.98 Å². The highest BCUT2D eigenvalue weighted by atomic mass is 15.1. The molecule has 0 bridgehead atoms. The maximum absolute atomic E-state index is 3.30. The molecule has 0 aliphatic heterocycles. The van der Waals surface area contributed by atoms with Crippen molar-refractivity contribution in [2.24, 2.45) is 5.92 Å². The van der Waals surface area contributed by atoms with E-state index in [1.54, 1.807) is 0 Å². The monoisotopic (exact) mass is 425 g/mol. The zero-order chi connectivity index (χ0) is 22.0. The first kappa shape index (κ1) is 25.7. The Balaban J connectivity index is 1.92. The standard InChI is InChI=1S/C29H48N2/c1-3-5-7-9-10-11-13-17-21-28(25-27-19-15-14-16-20-27)29(31-24-23-30-26-31)22-18-12-8-6-4-2/h14-16,19-20,23-24,26,28-29H,3-13,17-18,21-22,25H2,1-2H3/p+1. The number of nitrogens with zero attached hydrogens (tertiary/aromatic N) is 1. The van der Waals surface area contributed by atoms with E-state index >= 15 is 0 Å². The molecule has 2 heteroatoms. The molecule has 1 heterocycles. The molecule has 0 saturated heterocycles. The molecule has 2 atom stereocenters. The topological polar surface area (TPSA) is 19.7 Å². The van der Waals surface area contributed by atoms with E-state index in [9.17, 15) is 0 Å². The van der Waals surface area contributed by atoms with Gasteiger partial charge in [-0.3, -0.25) is 4.98 Å². The van der Waals surface area contributed by atoms with E-state index in [1.165, 1.54) is 108 Å². The molecule has 2 aromatic rings. The fourth-order valence-electron chi connectivity index (χ4n) is 4.98. The summed E-state index contributed by atoms with van der Waals surface area (Å²) < 4.78 is 2.47. The van der Waals surface area contributed by atoms with Gasteiger partial charge in [0.1, 0.15) is 18.4 Å². The van der Waals surface area contributed by atoms with Gasteiger partial charge in [-0.05, 0) is 31.2 Å². The second kappa shape index (κ2) is 17.0. The Morgan fingerprint density at radius 1 is 0.710 bits per heavy atom. The maximum Gasteiger partial charge on any atom is 0.241 e. The predicted octanol–water partition coefficient (Wildman–Crippen LogP) is 8.59. The van der Waals surface area contributed by atoms with E-state index in [2.05, 4.69) is 72.5 Å². The van der Waals surface area contributed by atoms with Crippen LogP contribution in [-0.2, 0) is 6.42 Å². The number of imidazole rings is 1. The van der Waals surface area contributed by atoms with E-state index in [0.717, 1.165) is 5.92 Å². The second-order valence-corrected chi connectivity index (χ2v) is 9.54. The molecule has 2 rings (SSSR count). The quantitative estimate of drug-likeness (QED) is 0.172. The average molecular weight is 426 g/mol. The Kier molecular flexibility index (Phi) is 14.1. The van der Waals surface area contributed by atoms with Crippen LogP contribution in [0.25, 0.3) is 0 Å². The molecule has 2 unspecified atom stereocenters. The molecule has 0 amide bonds. The van der Waals surface area contributed by atoms with Gasteiger partial charge < -0.3 is 0 Å². The number of aromatic nitrogens is 2. The number of nitrogens with one attached hydrogen (secondary N) is 1. The zero-order valence-electron chi connectivity index (χ0n) is 20.5. The lowest BCUT2D eigenvalue weighted by atomic mass is 9.84. The van der Waals surface area contributed by atoms with E-state index in [1.807, 2.05) is 0 Å². The van der Waals surface area contributed by atoms with Gasteiger partial charge >= 0.3 is 0 Å². The fourth-order valence-corrected chi connectivity index (χ4v) is 4.98. The summed E-state index contributed by atoms with van der Waals surface area (Å²) >= 11 is 0. The highest BCUT2D eigenvalue weighted by molar-refractivity contribution is 5.15. The Bertz CT molecular complexity index is 619. The van der Waals surface area contributed by atoms with Crippen LogP contribution in [0.3, 0.4) is 0 Å². The van der Waals surface area contributed by atoms with Gasteiger partial charge in [-0.2, -0.15) is 0 Å². The Morgan fingerprint density at radius 2 is 1.29 bits per heavy atom. The molecular weight excluding hydrogens is 376 g/mol. The number of rotatable bonds is 19. The first-order chi connectivity index (χ1) is 15.3. The van der Waals surface area contributed by atoms with E-state index in [4.69, 9.17) is 0 Å². The van der Waals surface area contributed by atoms with Crippen molar-refractivity contribution in [2.75, 3.05) is 0 Å². The molecule has 1 aromatic heterocycles. The lowest BCUT2D eigenvalue weighted by Crippen LogP contribution is -2.42. The van der Waals surface area contributed by atoms with Crippen LogP contribution in [-0.4, -0.2) is 4.98 Å². The van der Waals surface area contributed by atoms with Crippen molar-refractivity contribution in [3.05, 3.63) is 54.6 Å². The van der Waals surface area contributed by atoms with Gasteiger partial charge in [0.25, 0.3) is 0 Å². The molecule has 0 aliphatic rings. The van der Waals surface area contributed by atoms with Gasteiger partial charge in [-0.1, -0.05) is 121 Å². The largest absolute Gasteiger partial charge is 0.250 e. The van der Waals surface area contributed by atoms with Crippen molar-refractivity contribution in [1.29, 1.82) is 0 Å². The van der Waals surface area contributed by atoms with Crippen LogP contribution in [0.2, 0.25) is 0 Å². The van der Waals surface area contributed by atoms with Crippen LogP contribution in [0.4, 0.5) is 0 Å². The van der Waals surface area contributed by atoms with Crippen molar-refractivity contribution in [3.63, 3.8) is 0 Å². The van der Waals surface area contributed by atoms with Gasteiger partial charge in [0, 0.05) is 5.92 Å². The number of aromatic amines is 1. The Labute approximate surface area is 192 Å². The third kappa shape index (κ3) is 11.0. The number of hydrogen-bond donors (Lipinski definition) is 1. The summed E-state index contributed by atoms with van der Waals surface area (Å²) in [6, 6.07) is 11.8. The Morgan fingerprint density at radius 3 is 1.87 bits per heavy atom. The molecule has 0 saturated carbocycles. The van der Waals surface area contributed by atoms with Crippen LogP contribution in [0.1, 0.15) is 122 Å². The first-order valence-corrected chi connectivity index (χ1v) is 13.4. The third-order valence-corrected chi connectivity index (χ3v) is 6.87. The van der Waals surface area contributed by atoms with Gasteiger partial charge in [-0.15, -0.1) is 0 Å². The molecule has 31 heavy (non-hydrogen) atoms. The Hall–Kier alpha value is -1.57. The van der Waals surface area contributed by atoms with Gasteiger partial charge in [0.05, 0.1) is 0 Å². The number of hydrogen-bond acceptors (Lipinski definition) is 0. The lowest BCUT2D eigenvalue weighted by molar-refractivity contribution is -0.730. The fraction of sp³-hybridized carbons (Fsp3) is 0.690. The molecule has 0 radical (unpaired) electrons. The highest BCUT2D eigenvalue weighted by Crippen LogP contribution is 2.29. The molecular formula is C29H49N2+. The van der Waals surface area contributed by atoms with Crippen molar-refractivity contribution in [3.8, 4) is 0 Å². The summed E-state index contributed by atoms with van der Waals surface area (Å²) in [6.45, 7) is 4.60. The molecule has 174 valence electrons. The molecule has 0 spiro atoms. The average Bonchev–Trinajstić information content (AvgIpc) is 3.33. The van der Waals surface area contributed by atoms with E-state index < -0.39 is 0 Å². The molecule has 1 aromatic carbocycles. The van der Waals surface area contributed by atoms with Crippen molar-refractivity contribution in [2.45, 2.75) is 123 Å². The summed E-state index contributed by atoms with van der Waals surface area (Å²) in [5, 5.41) is 0. The number of H-pyrrole nitrogens is 1. The molecule has 0 aliphatic carbocycles. The van der Waals surface area contributed by atoms with E-state index in [-0.39, 0.29) is 0 Å². The summed E-state index contributed by atoms with van der Waals surface area (Å²) in [4.78, 5) is 3.30. The highest BCUT2D eigenvalue weighted by Gasteiger charge is 2.26. The van der Waals surface area contributed by atoms with E-state index in [0.29, 0.717) is 6.04 Å². The van der Waals surface area contributed by atoms with Gasteiger partial charge in [0.15, 0.2) is 0 Å². The maximum atomic E-state index is 3.30. The number of unbranched alkanes of at least 4 members (excludes halogenated alkanes) is 11. The minimum absolute atomic E-state index is 0.609. The van der Waals surface area contributed by atoms with Crippen LogP contribution >= 0.6 is 0 Å². The normalized spacial score (nSPS) is 13.4. The summed E-state index contributed by atoms with van der Waals surface area (Å²) in [5.74, 6) is 0.717. The van der Waals surface area contributed by atoms with Crippen LogP contribution in [0.5, 0.6) is 0 Å². The number of benzene rings is 1. The summed E-state index contributed by atoms with van der Waals surface area (Å²) in [5.41, 5.74) is 1.50. The summed E-state index contributed by atoms with van der Waals surface area (Å²) in [7, 11) is 0. The minimum atomic E-state index is 0.609. The molecule has 2 nitrogen and oxygen atoms in total. The summed E-state index contributed by atoms with van der Waals surface area (Å²) in [6.07, 6.45) is 28.4. The first-order valence-electron chi connectivity index (χ1n) is 13.4. The van der Waals surface area contributed by atoms with Crippen molar-refractivity contribution >= 4 is 0 Å². The van der Waals surface area contributed by atoms with Crippen LogP contribution < -0.4 is 4.57 Å². The zero-order valence-corrected chi connectivity index (χ0v) is 20.5. The lowest BCUT2D eigenvalue weighted by Gasteiger charge is -2.25. The van der Waals surface area contributed by atoms with Crippen LogP contribution in [0.15, 0.2) is 49.1 Å². The molecule has 0 fully saturated rings. The third-order valence-electron chi connectivity index (χ3n) is 6.87. The minimum Gasteiger partial charge on any atom is -0.250 e. The van der Waals surface area contributed by atoms with Gasteiger partial charge in [-0.25, -0.2) is 4.57 Å². The molecule has 1 N–H and O–H groups in total. The van der Waals surface area contributed by atoms with Crippen LogP contribution in [0, 0.1) is 5.92 Å². The smallest absolute Gasteiger partial charge is 0.241 e. The SMILES string of the molecule is CCCCCCCCCCC(Cc1ccccc1)C(CCCCCCC)[n+]1cc[nH]c1. The second-order valence-electron chi connectivity index (χ2n) is 9.54.